The van der Waals surface area contributed by atoms with Gasteiger partial charge in [0.1, 0.15) is 0 Å². The van der Waals surface area contributed by atoms with Crippen LogP contribution in [0.5, 0.6) is 0 Å². The number of ether oxygens (including phenoxy) is 1. The van der Waals surface area contributed by atoms with Crippen LogP contribution < -0.4 is 10.6 Å². The molecule has 0 spiro atoms. The van der Waals surface area contributed by atoms with Crippen LogP contribution in [0.15, 0.2) is 30.3 Å². The molecule has 3 rings (SSSR count). The lowest BCUT2D eigenvalue weighted by Gasteiger charge is -2.43. The molecule has 1 atom stereocenters. The molecule has 0 aliphatic carbocycles. The Morgan fingerprint density at radius 2 is 2.05 bits per heavy atom. The average molecular weight is 321 g/mol. The first-order chi connectivity index (χ1) is 10.8. The van der Waals surface area contributed by atoms with Crippen molar-refractivity contribution < 1.29 is 9.53 Å². The van der Waals surface area contributed by atoms with Crippen LogP contribution >= 0.6 is 11.8 Å². The molecular formula is C16H23N3O2S. The zero-order valence-electron chi connectivity index (χ0n) is 12.7. The lowest BCUT2D eigenvalue weighted by molar-refractivity contribution is -0.0123. The highest BCUT2D eigenvalue weighted by atomic mass is 32.2. The maximum Gasteiger partial charge on any atom is 0.319 e. The van der Waals surface area contributed by atoms with Crippen LogP contribution in [-0.2, 0) is 4.74 Å². The van der Waals surface area contributed by atoms with Crippen molar-refractivity contribution in [2.45, 2.75) is 12.0 Å². The highest BCUT2D eigenvalue weighted by molar-refractivity contribution is 7.99. The van der Waals surface area contributed by atoms with E-state index in [1.165, 1.54) is 5.75 Å². The van der Waals surface area contributed by atoms with Gasteiger partial charge in [0.25, 0.3) is 0 Å². The fourth-order valence-corrected chi connectivity index (χ4v) is 4.55. The lowest BCUT2D eigenvalue weighted by atomic mass is 9.95. The standard InChI is InChI=1S/C16H23N3O2S/c20-15(18-14-4-2-1-3-5-14)17-12-16(6-11-22-13-16)19-7-9-21-10-8-19/h1-5H,6-13H2,(H2,17,18,20)/t16-/m0/s1. The van der Waals surface area contributed by atoms with E-state index in [4.69, 9.17) is 4.74 Å². The van der Waals surface area contributed by atoms with Gasteiger partial charge in [-0.05, 0) is 24.3 Å². The largest absolute Gasteiger partial charge is 0.379 e. The minimum Gasteiger partial charge on any atom is -0.379 e. The number of carbonyl (C=O) groups is 1. The van der Waals surface area contributed by atoms with Crippen molar-refractivity contribution >= 4 is 23.5 Å². The van der Waals surface area contributed by atoms with Crippen molar-refractivity contribution in [1.82, 2.24) is 10.2 Å². The first-order valence-electron chi connectivity index (χ1n) is 7.79. The summed E-state index contributed by atoms with van der Waals surface area (Å²) in [5.41, 5.74) is 0.906. The summed E-state index contributed by atoms with van der Waals surface area (Å²) in [5.74, 6) is 2.25. The summed E-state index contributed by atoms with van der Waals surface area (Å²) >= 11 is 1.98. The molecule has 2 aliphatic rings. The number of hydrogen-bond donors (Lipinski definition) is 2. The molecule has 2 saturated heterocycles. The van der Waals surface area contributed by atoms with Gasteiger partial charge in [0.15, 0.2) is 0 Å². The van der Waals surface area contributed by atoms with E-state index in [1.54, 1.807) is 0 Å². The summed E-state index contributed by atoms with van der Waals surface area (Å²) in [5, 5.41) is 5.95. The van der Waals surface area contributed by atoms with Gasteiger partial charge in [0.2, 0.25) is 0 Å². The zero-order valence-corrected chi connectivity index (χ0v) is 13.5. The van der Waals surface area contributed by atoms with Crippen molar-refractivity contribution in [3.63, 3.8) is 0 Å². The molecule has 0 radical (unpaired) electrons. The molecule has 0 aromatic heterocycles. The first-order valence-corrected chi connectivity index (χ1v) is 8.94. The molecule has 0 unspecified atom stereocenters. The van der Waals surface area contributed by atoms with E-state index in [9.17, 15) is 4.79 Å². The molecule has 0 saturated carbocycles. The SMILES string of the molecule is O=C(NC[C@@]1(N2CCOCC2)CCSC1)Nc1ccccc1. The van der Waals surface area contributed by atoms with Gasteiger partial charge in [-0.2, -0.15) is 11.8 Å². The van der Waals surface area contributed by atoms with Gasteiger partial charge >= 0.3 is 6.03 Å². The summed E-state index contributed by atoms with van der Waals surface area (Å²) in [6.07, 6.45) is 1.13. The van der Waals surface area contributed by atoms with Crippen LogP contribution in [0.4, 0.5) is 10.5 Å². The van der Waals surface area contributed by atoms with Gasteiger partial charge in [-0.25, -0.2) is 4.79 Å². The Balaban J connectivity index is 1.56. The monoisotopic (exact) mass is 321 g/mol. The van der Waals surface area contributed by atoms with E-state index in [0.717, 1.165) is 44.2 Å². The van der Waals surface area contributed by atoms with E-state index < -0.39 is 0 Å². The number of thioether (sulfide) groups is 1. The molecule has 2 N–H and O–H groups in total. The van der Waals surface area contributed by atoms with Gasteiger partial charge in [-0.15, -0.1) is 0 Å². The normalized spacial score (nSPS) is 25.8. The summed E-state index contributed by atoms with van der Waals surface area (Å²) < 4.78 is 5.46. The molecule has 6 heteroatoms. The number of nitrogens with one attached hydrogen (secondary N) is 2. The minimum absolute atomic E-state index is 0.0858. The highest BCUT2D eigenvalue weighted by Gasteiger charge is 2.40. The Labute approximate surface area is 135 Å². The highest BCUT2D eigenvalue weighted by Crippen LogP contribution is 2.33. The molecule has 2 aliphatic heterocycles. The van der Waals surface area contributed by atoms with Crippen LogP contribution in [0.1, 0.15) is 6.42 Å². The van der Waals surface area contributed by atoms with Crippen LogP contribution in [0.25, 0.3) is 0 Å². The Kier molecular flexibility index (Phi) is 5.23. The van der Waals surface area contributed by atoms with E-state index in [1.807, 2.05) is 42.1 Å². The third-order valence-electron chi connectivity index (χ3n) is 4.37. The maximum absolute atomic E-state index is 12.1. The molecule has 0 bridgehead atoms. The second-order valence-electron chi connectivity index (χ2n) is 5.80. The molecule has 5 nitrogen and oxygen atoms in total. The van der Waals surface area contributed by atoms with E-state index >= 15 is 0 Å². The second kappa shape index (κ2) is 7.35. The van der Waals surface area contributed by atoms with E-state index in [2.05, 4.69) is 15.5 Å². The molecular weight excluding hydrogens is 298 g/mol. The van der Waals surface area contributed by atoms with Gasteiger partial charge in [0, 0.05) is 36.6 Å². The minimum atomic E-state index is -0.129. The number of amides is 2. The number of nitrogens with zero attached hydrogens (tertiary/aromatic N) is 1. The van der Waals surface area contributed by atoms with Gasteiger partial charge < -0.3 is 15.4 Å². The summed E-state index contributed by atoms with van der Waals surface area (Å²) in [6.45, 7) is 4.20. The first kappa shape index (κ1) is 15.6. The Hall–Kier alpha value is -1.24. The summed E-state index contributed by atoms with van der Waals surface area (Å²) in [4.78, 5) is 14.6. The maximum atomic E-state index is 12.1. The van der Waals surface area contributed by atoms with Crippen molar-refractivity contribution in [3.8, 4) is 0 Å². The van der Waals surface area contributed by atoms with Gasteiger partial charge in [-0.1, -0.05) is 18.2 Å². The van der Waals surface area contributed by atoms with Gasteiger partial charge in [0.05, 0.1) is 13.2 Å². The van der Waals surface area contributed by atoms with Crippen molar-refractivity contribution in [1.29, 1.82) is 0 Å². The van der Waals surface area contributed by atoms with Crippen LogP contribution in [0, 0.1) is 0 Å². The number of hydrogen-bond acceptors (Lipinski definition) is 4. The third-order valence-corrected chi connectivity index (χ3v) is 5.61. The van der Waals surface area contributed by atoms with Crippen LogP contribution in [-0.4, -0.2) is 60.8 Å². The number of carbonyl (C=O) groups excluding carboxylic acids is 1. The smallest absolute Gasteiger partial charge is 0.319 e. The van der Waals surface area contributed by atoms with Crippen molar-refractivity contribution in [3.05, 3.63) is 30.3 Å². The Morgan fingerprint density at radius 1 is 1.27 bits per heavy atom. The zero-order chi connectivity index (χ0) is 15.3. The quantitative estimate of drug-likeness (QED) is 0.891. The molecule has 2 fully saturated rings. The van der Waals surface area contributed by atoms with E-state index in [-0.39, 0.29) is 11.6 Å². The number of morpholine rings is 1. The molecule has 120 valence electrons. The molecule has 1 aromatic rings. The molecule has 22 heavy (non-hydrogen) atoms. The van der Waals surface area contributed by atoms with Crippen molar-refractivity contribution in [2.24, 2.45) is 0 Å². The topological polar surface area (TPSA) is 53.6 Å². The van der Waals surface area contributed by atoms with Gasteiger partial charge in [-0.3, -0.25) is 4.90 Å². The summed E-state index contributed by atoms with van der Waals surface area (Å²) in [6, 6.07) is 9.42. The second-order valence-corrected chi connectivity index (χ2v) is 6.91. The predicted octanol–water partition coefficient (Wildman–Crippen LogP) is 2.02. The number of benzene rings is 1. The van der Waals surface area contributed by atoms with Crippen LogP contribution in [0.3, 0.4) is 0 Å². The predicted molar refractivity (Wildman–Crippen MR) is 90.5 cm³/mol. The fourth-order valence-electron chi connectivity index (χ4n) is 3.08. The number of para-hydroxylation sites is 1. The average Bonchev–Trinajstić information content (AvgIpc) is 3.05. The summed E-state index contributed by atoms with van der Waals surface area (Å²) in [7, 11) is 0. The van der Waals surface area contributed by atoms with E-state index in [0.29, 0.717) is 6.54 Å². The molecule has 2 amide bonds. The third kappa shape index (κ3) is 3.74. The fraction of sp³-hybridized carbons (Fsp3) is 0.562. The Bertz CT molecular complexity index is 485. The molecule has 2 heterocycles. The van der Waals surface area contributed by atoms with Crippen molar-refractivity contribution in [2.75, 3.05) is 49.7 Å². The lowest BCUT2D eigenvalue weighted by Crippen LogP contribution is -2.59. The number of rotatable bonds is 4. The number of anilines is 1. The number of urea groups is 1. The van der Waals surface area contributed by atoms with Crippen LogP contribution in [0.2, 0.25) is 0 Å². The Morgan fingerprint density at radius 3 is 2.73 bits per heavy atom. The molecule has 1 aromatic carbocycles.